The highest BCUT2D eigenvalue weighted by Gasteiger charge is 2.30. The van der Waals surface area contributed by atoms with E-state index < -0.39 is 60.2 Å². The van der Waals surface area contributed by atoms with Gasteiger partial charge in [0.15, 0.2) is 5.96 Å². The largest absolute Gasteiger partial charge is 0.481 e. The molecule has 4 unspecified atom stereocenters. The van der Waals surface area contributed by atoms with Gasteiger partial charge in [0.25, 0.3) is 0 Å². The van der Waals surface area contributed by atoms with E-state index in [1.807, 2.05) is 0 Å². The van der Waals surface area contributed by atoms with Crippen molar-refractivity contribution in [2.45, 2.75) is 56.3 Å². The Balaban J connectivity index is 3.06. The second-order valence-corrected chi connectivity index (χ2v) is 8.75. The minimum Gasteiger partial charge on any atom is -0.481 e. The highest BCUT2D eigenvalue weighted by Crippen LogP contribution is 2.07. The molecule has 1 aromatic carbocycles. The van der Waals surface area contributed by atoms with Crippen LogP contribution in [0.1, 0.15) is 31.2 Å². The van der Waals surface area contributed by atoms with Gasteiger partial charge < -0.3 is 43.4 Å². The van der Waals surface area contributed by atoms with Gasteiger partial charge in [0.05, 0.1) is 6.04 Å². The maximum absolute atomic E-state index is 13.2. The van der Waals surface area contributed by atoms with Crippen molar-refractivity contribution in [3.8, 4) is 0 Å². The number of hydrogen-bond donors (Lipinski definition) is 9. The maximum atomic E-state index is 13.2. The van der Waals surface area contributed by atoms with Crippen molar-refractivity contribution in [2.75, 3.05) is 12.3 Å². The van der Waals surface area contributed by atoms with Crippen LogP contribution < -0.4 is 33.2 Å². The summed E-state index contributed by atoms with van der Waals surface area (Å²) in [5, 5.41) is 25.9. The van der Waals surface area contributed by atoms with Crippen LogP contribution in [0.3, 0.4) is 0 Å². The molecule has 1 aromatic rings. The molecule has 0 saturated carbocycles. The molecule has 15 heteroatoms. The van der Waals surface area contributed by atoms with Gasteiger partial charge in [0.2, 0.25) is 17.7 Å². The summed E-state index contributed by atoms with van der Waals surface area (Å²) in [6.45, 7) is 0.135. The third kappa shape index (κ3) is 12.4. The fraction of sp³-hybridized carbons (Fsp3) is 0.478. The molecule has 0 aliphatic heterocycles. The van der Waals surface area contributed by atoms with Gasteiger partial charge in [-0.3, -0.25) is 24.2 Å². The number of guanidine groups is 1. The predicted molar refractivity (Wildman–Crippen MR) is 142 cm³/mol. The quantitative estimate of drug-likeness (QED) is 0.0441. The van der Waals surface area contributed by atoms with Crippen molar-refractivity contribution in [3.63, 3.8) is 0 Å². The number of nitrogens with one attached hydrogen (secondary N) is 3. The lowest BCUT2D eigenvalue weighted by Crippen LogP contribution is -2.57. The molecule has 11 N–H and O–H groups in total. The van der Waals surface area contributed by atoms with Gasteiger partial charge in [-0.2, -0.15) is 12.6 Å². The van der Waals surface area contributed by atoms with Gasteiger partial charge in [-0.25, -0.2) is 4.79 Å². The number of hydrogen-bond acceptors (Lipinski definition) is 8. The van der Waals surface area contributed by atoms with Gasteiger partial charge in [0.1, 0.15) is 18.1 Å². The standard InChI is InChI=1S/C23H35N7O7S/c24-14(12-38)19(33)30-17(11-13-5-2-1-3-6-13)21(35)28-15(8-9-18(31)32)20(34)29-16(22(36)37)7-4-10-27-23(25)26/h1-3,5-6,14-17,38H,4,7-12,24H2,(H,28,35)(H,29,34)(H,30,33)(H,31,32)(H,36,37)(H4,25,26,27). The summed E-state index contributed by atoms with van der Waals surface area (Å²) >= 11 is 3.98. The van der Waals surface area contributed by atoms with Crippen LogP contribution in [0, 0.1) is 0 Å². The van der Waals surface area contributed by atoms with Crippen molar-refractivity contribution in [1.29, 1.82) is 0 Å². The molecule has 0 bridgehead atoms. The number of benzene rings is 1. The summed E-state index contributed by atoms with van der Waals surface area (Å²) < 4.78 is 0. The van der Waals surface area contributed by atoms with Gasteiger partial charge in [0, 0.05) is 25.1 Å². The molecule has 0 aromatic heterocycles. The van der Waals surface area contributed by atoms with E-state index in [2.05, 4.69) is 33.6 Å². The van der Waals surface area contributed by atoms with Crippen LogP contribution in [0.25, 0.3) is 0 Å². The van der Waals surface area contributed by atoms with Crippen LogP contribution >= 0.6 is 12.6 Å². The highest BCUT2D eigenvalue weighted by atomic mass is 32.1. The maximum Gasteiger partial charge on any atom is 0.326 e. The van der Waals surface area contributed by atoms with Crippen molar-refractivity contribution in [1.82, 2.24) is 16.0 Å². The number of rotatable bonds is 17. The predicted octanol–water partition coefficient (Wildman–Crippen LogP) is -2.06. The van der Waals surface area contributed by atoms with Crippen LogP contribution in [0.4, 0.5) is 0 Å². The van der Waals surface area contributed by atoms with E-state index in [1.165, 1.54) is 0 Å². The van der Waals surface area contributed by atoms with E-state index in [-0.39, 0.29) is 43.9 Å². The molecule has 210 valence electrons. The number of thiol groups is 1. The monoisotopic (exact) mass is 553 g/mol. The number of carbonyl (C=O) groups is 5. The molecule has 0 aliphatic carbocycles. The molecule has 14 nitrogen and oxygen atoms in total. The zero-order valence-electron chi connectivity index (χ0n) is 20.7. The normalized spacial score (nSPS) is 13.7. The van der Waals surface area contributed by atoms with Crippen molar-refractivity contribution in [2.24, 2.45) is 22.2 Å². The second kappa shape index (κ2) is 16.8. The second-order valence-electron chi connectivity index (χ2n) is 8.38. The first-order valence-electron chi connectivity index (χ1n) is 11.8. The summed E-state index contributed by atoms with van der Waals surface area (Å²) in [6.07, 6.45) is -0.548. The van der Waals surface area contributed by atoms with Crippen LogP contribution in [0.15, 0.2) is 35.3 Å². The molecule has 1 rings (SSSR count). The van der Waals surface area contributed by atoms with Crippen LogP contribution in [0.5, 0.6) is 0 Å². The molecule has 38 heavy (non-hydrogen) atoms. The lowest BCUT2D eigenvalue weighted by atomic mass is 10.0. The molecule has 0 radical (unpaired) electrons. The number of carboxylic acids is 2. The number of carboxylic acid groups (broad SMARTS) is 2. The van der Waals surface area contributed by atoms with Crippen LogP contribution in [0.2, 0.25) is 0 Å². The first-order valence-corrected chi connectivity index (χ1v) is 12.4. The third-order valence-corrected chi connectivity index (χ3v) is 5.68. The lowest BCUT2D eigenvalue weighted by Gasteiger charge is -2.25. The zero-order chi connectivity index (χ0) is 28.7. The number of aliphatic carboxylic acids is 2. The first-order chi connectivity index (χ1) is 17.9. The van der Waals surface area contributed by atoms with E-state index in [0.29, 0.717) is 5.56 Å². The summed E-state index contributed by atoms with van der Waals surface area (Å²) in [6, 6.07) is 3.84. The molecule has 4 atom stereocenters. The van der Waals surface area contributed by atoms with Crippen LogP contribution in [-0.2, 0) is 30.4 Å². The Kier molecular flexibility index (Phi) is 14.2. The molecule has 0 saturated heterocycles. The minimum atomic E-state index is -1.40. The fourth-order valence-corrected chi connectivity index (χ4v) is 3.43. The number of nitrogens with two attached hydrogens (primary N) is 3. The minimum absolute atomic E-state index is 0.0221. The molecule has 0 aliphatic rings. The third-order valence-electron chi connectivity index (χ3n) is 5.29. The van der Waals surface area contributed by atoms with Crippen molar-refractivity contribution < 1.29 is 34.2 Å². The Morgan fingerprint density at radius 1 is 0.868 bits per heavy atom. The van der Waals surface area contributed by atoms with E-state index in [0.717, 1.165) is 0 Å². The van der Waals surface area contributed by atoms with Gasteiger partial charge in [-0.05, 0) is 24.8 Å². The van der Waals surface area contributed by atoms with E-state index in [1.54, 1.807) is 30.3 Å². The average molecular weight is 554 g/mol. The highest BCUT2D eigenvalue weighted by molar-refractivity contribution is 7.80. The summed E-state index contributed by atoms with van der Waals surface area (Å²) in [4.78, 5) is 65.1. The van der Waals surface area contributed by atoms with Crippen molar-refractivity contribution >= 4 is 48.2 Å². The topological polar surface area (TPSA) is 252 Å². The summed E-state index contributed by atoms with van der Waals surface area (Å²) in [5.74, 6) is -5.02. The first kappa shape index (κ1) is 32.2. The van der Waals surface area contributed by atoms with Crippen molar-refractivity contribution in [3.05, 3.63) is 35.9 Å². The van der Waals surface area contributed by atoms with Crippen LogP contribution in [-0.4, -0.2) is 82.3 Å². The molecular formula is C23H35N7O7S. The number of carbonyl (C=O) groups excluding carboxylic acids is 3. The Hall–Kier alpha value is -3.85. The SMILES string of the molecule is NC(N)=NCCCC(NC(=O)C(CCC(=O)O)NC(=O)C(Cc1ccccc1)NC(=O)C(N)CS)C(=O)O. The molecular weight excluding hydrogens is 518 g/mol. The summed E-state index contributed by atoms with van der Waals surface area (Å²) in [5.41, 5.74) is 16.9. The Morgan fingerprint density at radius 3 is 2.00 bits per heavy atom. The number of aliphatic imine (C=N–C) groups is 1. The Bertz CT molecular complexity index is 990. The summed E-state index contributed by atoms with van der Waals surface area (Å²) in [7, 11) is 0. The lowest BCUT2D eigenvalue weighted by molar-refractivity contribution is -0.143. The van der Waals surface area contributed by atoms with Gasteiger partial charge in [-0.15, -0.1) is 0 Å². The Morgan fingerprint density at radius 2 is 1.45 bits per heavy atom. The fourth-order valence-electron chi connectivity index (χ4n) is 3.26. The van der Waals surface area contributed by atoms with Gasteiger partial charge >= 0.3 is 11.9 Å². The molecule has 0 fully saturated rings. The van der Waals surface area contributed by atoms with E-state index in [9.17, 15) is 29.1 Å². The molecule has 3 amide bonds. The average Bonchev–Trinajstić information content (AvgIpc) is 2.87. The molecule has 0 heterocycles. The smallest absolute Gasteiger partial charge is 0.326 e. The number of nitrogens with zero attached hydrogens (tertiary/aromatic N) is 1. The number of amides is 3. The zero-order valence-corrected chi connectivity index (χ0v) is 21.6. The van der Waals surface area contributed by atoms with E-state index in [4.69, 9.17) is 22.3 Å². The van der Waals surface area contributed by atoms with Gasteiger partial charge in [-0.1, -0.05) is 30.3 Å². The Labute approximate surface area is 225 Å². The molecule has 0 spiro atoms. The van der Waals surface area contributed by atoms with E-state index >= 15 is 0 Å².